The summed E-state index contributed by atoms with van der Waals surface area (Å²) in [5.41, 5.74) is 5.41. The zero-order valence-electron chi connectivity index (χ0n) is 8.36. The molecular weight excluding hydrogens is 236 g/mol. The lowest BCUT2D eigenvalue weighted by atomic mass is 10.4. The number of nitrogen functional groups attached to an aromatic ring is 1. The minimum absolute atomic E-state index is 0.181. The Balaban J connectivity index is 2.43. The number of hydrogen-bond acceptors (Lipinski definition) is 5. The van der Waals surface area contributed by atoms with Gasteiger partial charge < -0.3 is 11.1 Å². The largest absolute Gasteiger partial charge is 0.369 e. The van der Waals surface area contributed by atoms with Crippen molar-refractivity contribution in [1.82, 2.24) is 9.97 Å². The van der Waals surface area contributed by atoms with Gasteiger partial charge in [0.05, 0.1) is 6.20 Å². The van der Waals surface area contributed by atoms with Crippen LogP contribution < -0.4 is 11.1 Å². The number of anilines is 2. The van der Waals surface area contributed by atoms with E-state index >= 15 is 0 Å². The predicted octanol–water partition coefficient (Wildman–Crippen LogP) is 0.893. The van der Waals surface area contributed by atoms with Crippen LogP contribution in [0.15, 0.2) is 6.20 Å². The molecule has 0 aliphatic heterocycles. The highest BCUT2D eigenvalue weighted by molar-refractivity contribution is 7.84. The molecule has 1 aromatic rings. The molecule has 0 aromatic carbocycles. The van der Waals surface area contributed by atoms with Crippen molar-refractivity contribution >= 4 is 34.2 Å². The lowest BCUT2D eigenvalue weighted by Gasteiger charge is -2.06. The van der Waals surface area contributed by atoms with Gasteiger partial charge in [-0.1, -0.05) is 11.6 Å². The summed E-state index contributed by atoms with van der Waals surface area (Å²) < 4.78 is 10.8. The van der Waals surface area contributed by atoms with E-state index in [1.165, 1.54) is 6.20 Å². The van der Waals surface area contributed by atoms with Crippen molar-refractivity contribution in [2.24, 2.45) is 0 Å². The molecule has 0 aliphatic carbocycles. The molecule has 0 spiro atoms. The molecule has 84 valence electrons. The highest BCUT2D eigenvalue weighted by atomic mass is 35.5. The van der Waals surface area contributed by atoms with Crippen LogP contribution in [0.3, 0.4) is 0 Å². The van der Waals surface area contributed by atoms with Gasteiger partial charge in [-0.25, -0.2) is 4.98 Å². The summed E-state index contributed by atoms with van der Waals surface area (Å²) in [7, 11) is -0.764. The van der Waals surface area contributed by atoms with Gasteiger partial charge in [0.25, 0.3) is 0 Å². The SMILES string of the molecule is CS(=O)CCCNc1nc(N)ncc1Cl. The fraction of sp³-hybridized carbons (Fsp3) is 0.500. The van der Waals surface area contributed by atoms with Crippen LogP contribution in [0.25, 0.3) is 0 Å². The number of aromatic nitrogens is 2. The average Bonchev–Trinajstić information content (AvgIpc) is 2.17. The Labute approximate surface area is 95.9 Å². The van der Waals surface area contributed by atoms with Gasteiger partial charge in [0, 0.05) is 29.4 Å². The second-order valence-corrected chi connectivity index (χ2v) is 4.94. The normalized spacial score (nSPS) is 12.4. The van der Waals surface area contributed by atoms with E-state index in [1.807, 2.05) is 0 Å². The molecule has 0 saturated carbocycles. The first-order valence-electron chi connectivity index (χ1n) is 4.41. The van der Waals surface area contributed by atoms with Crippen LogP contribution in [0, 0.1) is 0 Å². The zero-order valence-corrected chi connectivity index (χ0v) is 9.94. The Kier molecular flexibility index (Phi) is 4.77. The van der Waals surface area contributed by atoms with Crippen molar-refractivity contribution in [3.05, 3.63) is 11.2 Å². The van der Waals surface area contributed by atoms with Crippen LogP contribution in [-0.2, 0) is 10.8 Å². The van der Waals surface area contributed by atoms with Gasteiger partial charge in [-0.2, -0.15) is 4.98 Å². The van der Waals surface area contributed by atoms with Crippen molar-refractivity contribution in [2.45, 2.75) is 6.42 Å². The van der Waals surface area contributed by atoms with Gasteiger partial charge >= 0.3 is 0 Å². The van der Waals surface area contributed by atoms with Crippen molar-refractivity contribution < 1.29 is 4.21 Å². The summed E-state index contributed by atoms with van der Waals surface area (Å²) in [6, 6.07) is 0. The third kappa shape index (κ3) is 4.44. The molecule has 0 bridgehead atoms. The van der Waals surface area contributed by atoms with Crippen molar-refractivity contribution in [3.63, 3.8) is 0 Å². The third-order valence-electron chi connectivity index (χ3n) is 1.66. The first-order chi connectivity index (χ1) is 7.09. The maximum absolute atomic E-state index is 10.8. The van der Waals surface area contributed by atoms with Crippen molar-refractivity contribution in [3.8, 4) is 0 Å². The van der Waals surface area contributed by atoms with Gasteiger partial charge in [0.1, 0.15) is 10.8 Å². The maximum atomic E-state index is 10.8. The van der Waals surface area contributed by atoms with Crippen LogP contribution in [0.2, 0.25) is 5.02 Å². The van der Waals surface area contributed by atoms with Gasteiger partial charge in [0.15, 0.2) is 0 Å². The molecule has 0 aliphatic rings. The van der Waals surface area contributed by atoms with Crippen LogP contribution in [-0.4, -0.2) is 32.7 Å². The van der Waals surface area contributed by atoms with Gasteiger partial charge in [-0.05, 0) is 6.42 Å². The van der Waals surface area contributed by atoms with Crippen molar-refractivity contribution in [1.29, 1.82) is 0 Å². The Hall–Kier alpha value is -0.880. The van der Waals surface area contributed by atoms with E-state index in [0.717, 1.165) is 6.42 Å². The standard InChI is InChI=1S/C8H13ClN4OS/c1-15(14)4-2-3-11-7-6(9)5-12-8(10)13-7/h5H,2-4H2,1H3,(H3,10,11,12,13). The topological polar surface area (TPSA) is 80.9 Å². The Morgan fingerprint density at radius 1 is 1.67 bits per heavy atom. The smallest absolute Gasteiger partial charge is 0.222 e. The Morgan fingerprint density at radius 3 is 3.07 bits per heavy atom. The van der Waals surface area contributed by atoms with Gasteiger partial charge in [-0.3, -0.25) is 4.21 Å². The number of nitrogens with two attached hydrogens (primary N) is 1. The van der Waals surface area contributed by atoms with Crippen LogP contribution in [0.1, 0.15) is 6.42 Å². The molecule has 0 fully saturated rings. The quantitative estimate of drug-likeness (QED) is 0.757. The molecule has 5 nitrogen and oxygen atoms in total. The molecule has 0 amide bonds. The number of hydrogen-bond donors (Lipinski definition) is 2. The van der Waals surface area contributed by atoms with E-state index in [4.69, 9.17) is 17.3 Å². The highest BCUT2D eigenvalue weighted by Crippen LogP contribution is 2.17. The average molecular weight is 249 g/mol. The van der Waals surface area contributed by atoms with E-state index in [1.54, 1.807) is 6.26 Å². The fourth-order valence-corrected chi connectivity index (χ4v) is 1.70. The summed E-state index contributed by atoms with van der Waals surface area (Å²) in [6.07, 6.45) is 3.92. The van der Waals surface area contributed by atoms with E-state index < -0.39 is 10.8 Å². The maximum Gasteiger partial charge on any atom is 0.222 e. The van der Waals surface area contributed by atoms with E-state index in [0.29, 0.717) is 23.1 Å². The van der Waals surface area contributed by atoms with Crippen LogP contribution >= 0.6 is 11.6 Å². The molecule has 1 rings (SSSR count). The number of rotatable bonds is 5. The molecule has 3 N–H and O–H groups in total. The number of nitrogens with zero attached hydrogens (tertiary/aromatic N) is 2. The van der Waals surface area contributed by atoms with E-state index in [2.05, 4.69) is 15.3 Å². The van der Waals surface area contributed by atoms with Crippen LogP contribution in [0.4, 0.5) is 11.8 Å². The summed E-state index contributed by atoms with van der Waals surface area (Å²) in [5, 5.41) is 3.44. The first-order valence-corrected chi connectivity index (χ1v) is 6.52. The molecule has 1 atom stereocenters. The molecule has 1 aromatic heterocycles. The predicted molar refractivity (Wildman–Crippen MR) is 63.5 cm³/mol. The zero-order chi connectivity index (χ0) is 11.3. The first kappa shape index (κ1) is 12.2. The minimum atomic E-state index is -0.764. The van der Waals surface area contributed by atoms with Crippen LogP contribution in [0.5, 0.6) is 0 Å². The fourth-order valence-electron chi connectivity index (χ4n) is 0.987. The second kappa shape index (κ2) is 5.87. The second-order valence-electron chi connectivity index (χ2n) is 2.98. The molecule has 0 saturated heterocycles. The third-order valence-corrected chi connectivity index (χ3v) is 2.80. The lowest BCUT2D eigenvalue weighted by Crippen LogP contribution is -2.09. The summed E-state index contributed by atoms with van der Waals surface area (Å²) in [4.78, 5) is 7.68. The molecule has 1 unspecified atom stereocenters. The van der Waals surface area contributed by atoms with E-state index in [9.17, 15) is 4.21 Å². The Morgan fingerprint density at radius 2 is 2.40 bits per heavy atom. The van der Waals surface area contributed by atoms with Gasteiger partial charge in [0.2, 0.25) is 5.95 Å². The molecule has 0 radical (unpaired) electrons. The van der Waals surface area contributed by atoms with Crippen molar-refractivity contribution in [2.75, 3.05) is 29.6 Å². The summed E-state index contributed by atoms with van der Waals surface area (Å²) >= 11 is 5.83. The molecule has 7 heteroatoms. The monoisotopic (exact) mass is 248 g/mol. The lowest BCUT2D eigenvalue weighted by molar-refractivity contribution is 0.685. The number of nitrogens with one attached hydrogen (secondary N) is 1. The highest BCUT2D eigenvalue weighted by Gasteiger charge is 2.02. The van der Waals surface area contributed by atoms with Gasteiger partial charge in [-0.15, -0.1) is 0 Å². The minimum Gasteiger partial charge on any atom is -0.369 e. The molecular formula is C8H13ClN4OS. The summed E-state index contributed by atoms with van der Waals surface area (Å²) in [5.74, 6) is 1.36. The molecule has 15 heavy (non-hydrogen) atoms. The molecule has 1 heterocycles. The number of halogens is 1. The Bertz CT molecular complexity index is 360. The van der Waals surface area contributed by atoms with E-state index in [-0.39, 0.29) is 5.95 Å². The summed E-state index contributed by atoms with van der Waals surface area (Å²) in [6.45, 7) is 0.662.